The van der Waals surface area contributed by atoms with Crippen molar-refractivity contribution < 1.29 is 4.79 Å². The largest absolute Gasteiger partial charge is 0.303 e. The number of aromatic nitrogens is 2. The lowest BCUT2D eigenvalue weighted by molar-refractivity contribution is -0.109. The minimum absolute atomic E-state index is 0.167. The van der Waals surface area contributed by atoms with E-state index in [4.69, 9.17) is 0 Å². The van der Waals surface area contributed by atoms with Crippen LogP contribution in [-0.4, -0.2) is 21.1 Å². The summed E-state index contributed by atoms with van der Waals surface area (Å²) < 4.78 is 1.02. The summed E-state index contributed by atoms with van der Waals surface area (Å²) in [4.78, 5) is 20.6. The lowest BCUT2D eigenvalue weighted by atomic mass is 9.88. The van der Waals surface area contributed by atoms with Gasteiger partial charge in [0.15, 0.2) is 5.82 Å². The van der Waals surface area contributed by atoms with Gasteiger partial charge >= 0.3 is 0 Å². The highest BCUT2D eigenvalue weighted by Gasteiger charge is 2.29. The van der Waals surface area contributed by atoms with Crippen molar-refractivity contribution in [3.63, 3.8) is 0 Å². The van der Waals surface area contributed by atoms with Crippen LogP contribution >= 0.6 is 31.9 Å². The summed E-state index contributed by atoms with van der Waals surface area (Å²) in [5.74, 6) is 0.487. The van der Waals surface area contributed by atoms with Crippen molar-refractivity contribution in [3.05, 3.63) is 46.2 Å². The van der Waals surface area contributed by atoms with Crippen LogP contribution in [0.4, 0.5) is 0 Å². The van der Waals surface area contributed by atoms with Gasteiger partial charge in [-0.05, 0) is 30.5 Å². The second-order valence-electron chi connectivity index (χ2n) is 4.83. The average molecular weight is 396 g/mol. The van der Waals surface area contributed by atoms with Crippen LogP contribution in [0.3, 0.4) is 0 Å². The number of hydrogen-bond donors (Lipinski definition) is 0. The van der Waals surface area contributed by atoms with Crippen molar-refractivity contribution >= 4 is 38.1 Å². The molecule has 5 heteroatoms. The summed E-state index contributed by atoms with van der Waals surface area (Å²) in [7, 11) is 0. The number of rotatable bonds is 2. The van der Waals surface area contributed by atoms with Gasteiger partial charge in [0.1, 0.15) is 6.29 Å². The monoisotopic (exact) mass is 394 g/mol. The number of hydrogen-bond acceptors (Lipinski definition) is 3. The molecule has 0 spiro atoms. The van der Waals surface area contributed by atoms with E-state index in [0.29, 0.717) is 5.82 Å². The third-order valence-corrected chi connectivity index (χ3v) is 5.10. The number of carbonyl (C=O) groups is 1. The third kappa shape index (κ3) is 2.56. The van der Waals surface area contributed by atoms with Crippen molar-refractivity contribution in [3.8, 4) is 11.4 Å². The van der Waals surface area contributed by atoms with E-state index in [-0.39, 0.29) is 10.7 Å². The van der Waals surface area contributed by atoms with E-state index < -0.39 is 0 Å². The van der Waals surface area contributed by atoms with Crippen LogP contribution in [-0.2, 0) is 11.2 Å². The van der Waals surface area contributed by atoms with Gasteiger partial charge in [-0.2, -0.15) is 0 Å². The predicted octanol–water partition coefficient (Wildman–Crippen LogP) is 3.90. The molecule has 2 unspecified atom stereocenters. The van der Waals surface area contributed by atoms with Gasteiger partial charge in [0, 0.05) is 21.1 Å². The summed E-state index contributed by atoms with van der Waals surface area (Å²) in [6.45, 7) is 0. The van der Waals surface area contributed by atoms with Gasteiger partial charge in [-0.3, -0.25) is 0 Å². The first kappa shape index (κ1) is 13.9. The smallest absolute Gasteiger partial charge is 0.159 e. The van der Waals surface area contributed by atoms with E-state index in [9.17, 15) is 4.79 Å². The molecule has 2 aromatic rings. The van der Waals surface area contributed by atoms with Crippen LogP contribution in [0.1, 0.15) is 23.6 Å². The molecule has 1 aliphatic rings. The molecule has 0 bridgehead atoms. The summed E-state index contributed by atoms with van der Waals surface area (Å²) in [5.41, 5.74) is 2.90. The van der Waals surface area contributed by atoms with Gasteiger partial charge in [-0.25, -0.2) is 9.97 Å². The summed E-state index contributed by atoms with van der Waals surface area (Å²) >= 11 is 6.99. The molecule has 1 aliphatic carbocycles. The first-order valence-corrected chi connectivity index (χ1v) is 8.11. The van der Waals surface area contributed by atoms with Gasteiger partial charge in [0.25, 0.3) is 0 Å². The van der Waals surface area contributed by atoms with Crippen LogP contribution in [0.2, 0.25) is 0 Å². The zero-order chi connectivity index (χ0) is 14.1. The summed E-state index contributed by atoms with van der Waals surface area (Å²) in [6.07, 6.45) is 4.69. The highest BCUT2D eigenvalue weighted by Crippen LogP contribution is 2.34. The maximum Gasteiger partial charge on any atom is 0.159 e. The number of alkyl halides is 1. The van der Waals surface area contributed by atoms with Crippen LogP contribution in [0.15, 0.2) is 34.9 Å². The molecule has 0 saturated carbocycles. The van der Waals surface area contributed by atoms with Gasteiger partial charge in [0.2, 0.25) is 0 Å². The molecule has 0 fully saturated rings. The van der Waals surface area contributed by atoms with E-state index in [1.165, 1.54) is 0 Å². The Hall–Kier alpha value is -1.07. The standard InChI is InChI=1S/C15H12Br2N2O/c16-11-4-1-9(2-5-11)15-18-7-10-3-6-13(17)12(8-20)14(10)19-15/h1-2,4-5,7-8,12-13H,3,6H2. The Morgan fingerprint density at radius 2 is 2.00 bits per heavy atom. The molecule has 0 radical (unpaired) electrons. The lowest BCUT2D eigenvalue weighted by Gasteiger charge is -2.25. The van der Waals surface area contributed by atoms with Crippen LogP contribution in [0.25, 0.3) is 11.4 Å². The maximum absolute atomic E-state index is 11.3. The molecule has 1 aromatic heterocycles. The average Bonchev–Trinajstić information content (AvgIpc) is 2.47. The van der Waals surface area contributed by atoms with Gasteiger partial charge in [-0.1, -0.05) is 44.0 Å². The van der Waals surface area contributed by atoms with E-state index in [2.05, 4.69) is 41.8 Å². The molecule has 0 amide bonds. The zero-order valence-corrected chi connectivity index (χ0v) is 13.8. The fourth-order valence-corrected chi connectivity index (χ4v) is 3.30. The first-order valence-electron chi connectivity index (χ1n) is 6.40. The van der Waals surface area contributed by atoms with Crippen LogP contribution in [0.5, 0.6) is 0 Å². The second kappa shape index (κ2) is 5.74. The Bertz CT molecular complexity index is 643. The Morgan fingerprint density at radius 1 is 1.25 bits per heavy atom. The molecule has 20 heavy (non-hydrogen) atoms. The number of aldehydes is 1. The number of fused-ring (bicyclic) bond motifs is 1. The summed E-state index contributed by atoms with van der Waals surface area (Å²) in [6, 6.07) is 7.86. The van der Waals surface area contributed by atoms with Crippen molar-refractivity contribution in [2.45, 2.75) is 23.6 Å². The predicted molar refractivity (Wildman–Crippen MR) is 85.0 cm³/mol. The Balaban J connectivity index is 2.05. The Kier molecular flexibility index (Phi) is 3.98. The SMILES string of the molecule is O=CC1c2nc(-c3ccc(Br)cc3)ncc2CCC1Br. The van der Waals surface area contributed by atoms with Crippen molar-refractivity contribution in [2.75, 3.05) is 0 Å². The highest BCUT2D eigenvalue weighted by atomic mass is 79.9. The number of carbonyl (C=O) groups excluding carboxylic acids is 1. The molecule has 2 atom stereocenters. The molecule has 3 rings (SSSR count). The van der Waals surface area contributed by atoms with Crippen molar-refractivity contribution in [1.29, 1.82) is 0 Å². The van der Waals surface area contributed by atoms with Crippen LogP contribution in [0, 0.1) is 0 Å². The van der Waals surface area contributed by atoms with Gasteiger partial charge in [-0.15, -0.1) is 0 Å². The molecule has 1 heterocycles. The molecule has 0 N–H and O–H groups in total. The third-order valence-electron chi connectivity index (χ3n) is 3.54. The number of benzene rings is 1. The first-order chi connectivity index (χ1) is 9.69. The van der Waals surface area contributed by atoms with Crippen molar-refractivity contribution in [1.82, 2.24) is 9.97 Å². The molecule has 0 saturated heterocycles. The Labute approximate surface area is 134 Å². The van der Waals surface area contributed by atoms with Gasteiger partial charge in [0.05, 0.1) is 11.6 Å². The van der Waals surface area contributed by atoms with Crippen LogP contribution < -0.4 is 0 Å². The molecule has 1 aromatic carbocycles. The van der Waals surface area contributed by atoms with E-state index >= 15 is 0 Å². The molecule has 0 aliphatic heterocycles. The zero-order valence-electron chi connectivity index (χ0n) is 10.6. The minimum atomic E-state index is -0.184. The molecular weight excluding hydrogens is 384 g/mol. The topological polar surface area (TPSA) is 42.9 Å². The normalized spacial score (nSPS) is 21.3. The quantitative estimate of drug-likeness (QED) is 0.572. The second-order valence-corrected chi connectivity index (χ2v) is 6.92. The van der Waals surface area contributed by atoms with Crippen molar-refractivity contribution in [2.24, 2.45) is 0 Å². The highest BCUT2D eigenvalue weighted by molar-refractivity contribution is 9.10. The fraction of sp³-hybridized carbons (Fsp3) is 0.267. The summed E-state index contributed by atoms with van der Waals surface area (Å²) in [5, 5.41) is 0. The number of halogens is 2. The lowest BCUT2D eigenvalue weighted by Crippen LogP contribution is -2.23. The fourth-order valence-electron chi connectivity index (χ4n) is 2.43. The van der Waals surface area contributed by atoms with Gasteiger partial charge < -0.3 is 4.79 Å². The number of aryl methyl sites for hydroxylation is 1. The van der Waals surface area contributed by atoms with E-state index in [0.717, 1.165) is 40.4 Å². The Morgan fingerprint density at radius 3 is 2.70 bits per heavy atom. The van der Waals surface area contributed by atoms with E-state index in [1.807, 2.05) is 30.5 Å². The maximum atomic E-state index is 11.3. The molecular formula is C15H12Br2N2O. The van der Waals surface area contributed by atoms with E-state index in [1.54, 1.807) is 0 Å². The minimum Gasteiger partial charge on any atom is -0.303 e. The molecule has 102 valence electrons. The number of nitrogens with zero attached hydrogens (tertiary/aromatic N) is 2. The molecule has 3 nitrogen and oxygen atoms in total.